The molecular formula is C14H20N2O4S. The van der Waals surface area contributed by atoms with Crippen molar-refractivity contribution in [3.63, 3.8) is 0 Å². The molecule has 1 amide bonds. The molecule has 1 saturated heterocycles. The van der Waals surface area contributed by atoms with Gasteiger partial charge in [-0.05, 0) is 37.5 Å². The summed E-state index contributed by atoms with van der Waals surface area (Å²) < 4.78 is 26.7. The molecule has 0 aliphatic carbocycles. The molecule has 1 heterocycles. The number of nitrogens with zero attached hydrogens (tertiary/aromatic N) is 1. The highest BCUT2D eigenvalue weighted by Gasteiger charge is 2.33. The van der Waals surface area contributed by atoms with Crippen LogP contribution in [0.3, 0.4) is 0 Å². The minimum Gasteiger partial charge on any atom is -0.395 e. The molecule has 0 spiro atoms. The van der Waals surface area contributed by atoms with Crippen LogP contribution in [0.1, 0.15) is 35.2 Å². The van der Waals surface area contributed by atoms with Crippen LogP contribution in [0, 0.1) is 6.92 Å². The molecular weight excluding hydrogens is 292 g/mol. The number of nitrogens with two attached hydrogens (primary N) is 1. The molecule has 0 saturated carbocycles. The molecule has 1 aliphatic rings. The summed E-state index contributed by atoms with van der Waals surface area (Å²) in [5, 5.41) is 9.38. The largest absolute Gasteiger partial charge is 0.395 e. The molecule has 1 unspecified atom stereocenters. The number of aliphatic hydroxyl groups excluding tert-OH is 1. The zero-order valence-corrected chi connectivity index (χ0v) is 12.8. The van der Waals surface area contributed by atoms with Gasteiger partial charge < -0.3 is 10.8 Å². The Hall–Kier alpha value is -1.44. The van der Waals surface area contributed by atoms with E-state index in [1.54, 1.807) is 13.0 Å². The van der Waals surface area contributed by atoms with E-state index in [9.17, 15) is 18.3 Å². The van der Waals surface area contributed by atoms with Crippen LogP contribution in [0.5, 0.6) is 0 Å². The zero-order valence-electron chi connectivity index (χ0n) is 11.9. The van der Waals surface area contributed by atoms with Gasteiger partial charge in [-0.1, -0.05) is 12.5 Å². The summed E-state index contributed by atoms with van der Waals surface area (Å²) in [5.74, 6) is -0.651. The second-order valence-electron chi connectivity index (χ2n) is 5.29. The predicted octanol–water partition coefficient (Wildman–Crippen LogP) is 0.629. The molecule has 3 N–H and O–H groups in total. The highest BCUT2D eigenvalue weighted by molar-refractivity contribution is 7.89. The lowest BCUT2D eigenvalue weighted by atomic mass is 10.1. The Morgan fingerprint density at radius 2 is 2.14 bits per heavy atom. The van der Waals surface area contributed by atoms with E-state index in [0.29, 0.717) is 18.5 Å². The molecule has 116 valence electrons. The van der Waals surface area contributed by atoms with E-state index in [-0.39, 0.29) is 17.1 Å². The van der Waals surface area contributed by atoms with E-state index < -0.39 is 22.0 Å². The number of carbonyl (C=O) groups excluding carboxylic acids is 1. The van der Waals surface area contributed by atoms with Gasteiger partial charge in [-0.3, -0.25) is 4.79 Å². The summed E-state index contributed by atoms with van der Waals surface area (Å²) in [6.07, 6.45) is 2.31. The predicted molar refractivity (Wildman–Crippen MR) is 78.3 cm³/mol. The number of carbonyl (C=O) groups is 1. The third kappa shape index (κ3) is 3.09. The van der Waals surface area contributed by atoms with Crippen molar-refractivity contribution < 1.29 is 18.3 Å². The Balaban J connectivity index is 2.43. The normalized spacial score (nSPS) is 20.4. The zero-order chi connectivity index (χ0) is 15.6. The number of amides is 1. The third-order valence-corrected chi connectivity index (χ3v) is 5.81. The Bertz CT molecular complexity index is 642. The molecule has 1 aliphatic heterocycles. The number of rotatable bonds is 4. The molecule has 1 atom stereocenters. The molecule has 0 radical (unpaired) electrons. The van der Waals surface area contributed by atoms with Crippen LogP contribution in [-0.4, -0.2) is 42.9 Å². The average Bonchev–Trinajstić information content (AvgIpc) is 2.47. The lowest BCUT2D eigenvalue weighted by molar-refractivity contribution is 0.0999. The van der Waals surface area contributed by atoms with E-state index in [2.05, 4.69) is 0 Å². The fourth-order valence-corrected chi connectivity index (χ4v) is 4.35. The Morgan fingerprint density at radius 3 is 2.76 bits per heavy atom. The van der Waals surface area contributed by atoms with Crippen molar-refractivity contribution in [2.75, 3.05) is 13.2 Å². The van der Waals surface area contributed by atoms with Crippen molar-refractivity contribution >= 4 is 15.9 Å². The van der Waals surface area contributed by atoms with Crippen molar-refractivity contribution in [1.29, 1.82) is 0 Å². The Morgan fingerprint density at radius 1 is 1.43 bits per heavy atom. The second kappa shape index (κ2) is 6.13. The van der Waals surface area contributed by atoms with Crippen LogP contribution in [0.25, 0.3) is 0 Å². The summed E-state index contributed by atoms with van der Waals surface area (Å²) in [6, 6.07) is 3.96. The number of primary amides is 1. The molecule has 0 bridgehead atoms. The number of sulfonamides is 1. The van der Waals surface area contributed by atoms with E-state index >= 15 is 0 Å². The maximum Gasteiger partial charge on any atom is 0.249 e. The average molecular weight is 312 g/mol. The van der Waals surface area contributed by atoms with Gasteiger partial charge in [-0.2, -0.15) is 4.31 Å². The molecule has 7 heteroatoms. The summed E-state index contributed by atoms with van der Waals surface area (Å²) in [4.78, 5) is 11.4. The van der Waals surface area contributed by atoms with Crippen molar-refractivity contribution in [3.8, 4) is 0 Å². The quantitative estimate of drug-likeness (QED) is 0.851. The van der Waals surface area contributed by atoms with E-state index in [1.165, 1.54) is 16.4 Å². The molecule has 21 heavy (non-hydrogen) atoms. The number of hydrogen-bond donors (Lipinski definition) is 2. The third-order valence-electron chi connectivity index (χ3n) is 3.86. The van der Waals surface area contributed by atoms with E-state index in [4.69, 9.17) is 5.73 Å². The fraction of sp³-hybridized carbons (Fsp3) is 0.500. The molecule has 2 rings (SSSR count). The van der Waals surface area contributed by atoms with Crippen molar-refractivity contribution in [2.45, 2.75) is 37.1 Å². The number of hydrogen-bond acceptors (Lipinski definition) is 4. The minimum atomic E-state index is -3.73. The summed E-state index contributed by atoms with van der Waals surface area (Å²) in [5.41, 5.74) is 6.11. The van der Waals surface area contributed by atoms with Gasteiger partial charge in [-0.15, -0.1) is 0 Å². The maximum absolute atomic E-state index is 12.7. The maximum atomic E-state index is 12.7. The second-order valence-corrected chi connectivity index (χ2v) is 7.18. The fourth-order valence-electron chi connectivity index (χ4n) is 2.64. The van der Waals surface area contributed by atoms with Crippen molar-refractivity contribution in [1.82, 2.24) is 4.31 Å². The lowest BCUT2D eigenvalue weighted by Crippen LogP contribution is -2.45. The van der Waals surface area contributed by atoms with Gasteiger partial charge in [0.1, 0.15) is 0 Å². The number of piperidine rings is 1. The minimum absolute atomic E-state index is 0.0437. The number of benzene rings is 1. The van der Waals surface area contributed by atoms with Crippen LogP contribution < -0.4 is 5.73 Å². The van der Waals surface area contributed by atoms with Crippen LogP contribution in [0.4, 0.5) is 0 Å². The Labute approximate surface area is 124 Å². The highest BCUT2D eigenvalue weighted by Crippen LogP contribution is 2.26. The van der Waals surface area contributed by atoms with Gasteiger partial charge in [0.15, 0.2) is 0 Å². The molecule has 6 nitrogen and oxygen atoms in total. The molecule has 0 aromatic heterocycles. The van der Waals surface area contributed by atoms with Crippen LogP contribution in [-0.2, 0) is 10.0 Å². The van der Waals surface area contributed by atoms with Crippen molar-refractivity contribution in [3.05, 3.63) is 29.3 Å². The Kier molecular flexibility index (Phi) is 4.65. The van der Waals surface area contributed by atoms with Gasteiger partial charge in [0, 0.05) is 18.2 Å². The molecule has 1 aromatic rings. The first-order chi connectivity index (χ1) is 9.87. The number of aliphatic hydroxyl groups is 1. The monoisotopic (exact) mass is 312 g/mol. The lowest BCUT2D eigenvalue weighted by Gasteiger charge is -2.33. The SMILES string of the molecule is Cc1ccc(S(=O)(=O)N2CCCCC2CO)cc1C(N)=O. The summed E-state index contributed by atoms with van der Waals surface area (Å²) in [7, 11) is -3.73. The highest BCUT2D eigenvalue weighted by atomic mass is 32.2. The van der Waals surface area contributed by atoms with Gasteiger partial charge in [0.25, 0.3) is 0 Å². The first kappa shape index (κ1) is 15.9. The van der Waals surface area contributed by atoms with Crippen molar-refractivity contribution in [2.24, 2.45) is 5.73 Å². The topological polar surface area (TPSA) is 101 Å². The van der Waals surface area contributed by atoms with E-state index in [0.717, 1.165) is 12.8 Å². The van der Waals surface area contributed by atoms with Gasteiger partial charge in [0.05, 0.1) is 11.5 Å². The van der Waals surface area contributed by atoms with Crippen LogP contribution in [0.2, 0.25) is 0 Å². The van der Waals surface area contributed by atoms with E-state index in [1.807, 2.05) is 0 Å². The first-order valence-electron chi connectivity index (χ1n) is 6.91. The first-order valence-corrected chi connectivity index (χ1v) is 8.35. The summed E-state index contributed by atoms with van der Waals surface area (Å²) >= 11 is 0. The van der Waals surface area contributed by atoms with Crippen LogP contribution >= 0.6 is 0 Å². The standard InChI is InChI=1S/C14H20N2O4S/c1-10-5-6-12(8-13(10)14(15)18)21(19,20)16-7-3-2-4-11(16)9-17/h5-6,8,11,17H,2-4,7,9H2,1H3,(H2,15,18). The van der Waals surface area contributed by atoms with Gasteiger partial charge in [-0.25, -0.2) is 8.42 Å². The van der Waals surface area contributed by atoms with Crippen LogP contribution in [0.15, 0.2) is 23.1 Å². The smallest absolute Gasteiger partial charge is 0.249 e. The number of aryl methyl sites for hydroxylation is 1. The van der Waals surface area contributed by atoms with Gasteiger partial charge >= 0.3 is 0 Å². The van der Waals surface area contributed by atoms with Gasteiger partial charge in [0.2, 0.25) is 15.9 Å². The summed E-state index contributed by atoms with van der Waals surface area (Å²) in [6.45, 7) is 1.88. The molecule has 1 fully saturated rings. The molecule has 1 aromatic carbocycles.